The fraction of sp³-hybridized carbons (Fsp3) is 0.134. The lowest BCUT2D eigenvalue weighted by Crippen LogP contribution is -2.41. The Bertz CT molecular complexity index is 3870. The van der Waals surface area contributed by atoms with Crippen LogP contribution in [-0.2, 0) is 10.8 Å². The molecule has 10 aromatic carbocycles. The molecule has 1 aliphatic carbocycles. The van der Waals surface area contributed by atoms with Gasteiger partial charge in [0.15, 0.2) is 7.28 Å². The van der Waals surface area contributed by atoms with E-state index in [4.69, 9.17) is 4.42 Å². The van der Waals surface area contributed by atoms with Crippen molar-refractivity contribution in [2.24, 2.45) is 0 Å². The van der Waals surface area contributed by atoms with E-state index in [-0.39, 0.29) is 10.8 Å². The predicted molar refractivity (Wildman–Crippen MR) is 302 cm³/mol. The van der Waals surface area contributed by atoms with Crippen molar-refractivity contribution in [1.82, 2.24) is 0 Å². The summed E-state index contributed by atoms with van der Waals surface area (Å²) in [6.07, 6.45) is 2.31. The molecule has 0 saturated carbocycles. The third kappa shape index (κ3) is 7.35. The second-order valence-electron chi connectivity index (χ2n) is 21.1. The highest BCUT2D eigenvalue weighted by Gasteiger charge is 2.38. The van der Waals surface area contributed by atoms with Crippen LogP contribution in [0.5, 0.6) is 0 Å². The maximum Gasteiger partial charge on any atom is 0.197 e. The molecule has 1 N–H and O–H groups in total. The molecule has 3 nitrogen and oxygen atoms in total. The Hall–Kier alpha value is -8.08. The molecule has 0 unspecified atom stereocenters. The first-order valence-electron chi connectivity index (χ1n) is 25.1. The normalized spacial score (nSPS) is 14.5. The average Bonchev–Trinajstić information content (AvgIpc) is 3.75. The van der Waals surface area contributed by atoms with E-state index >= 15 is 0 Å². The number of benzene rings is 10. The van der Waals surface area contributed by atoms with Crippen molar-refractivity contribution in [3.05, 3.63) is 223 Å². The predicted octanol–water partition coefficient (Wildman–Crippen LogP) is 17.2. The summed E-state index contributed by atoms with van der Waals surface area (Å²) < 4.78 is 7.02. The zero-order valence-corrected chi connectivity index (χ0v) is 41.0. The van der Waals surface area contributed by atoms with Gasteiger partial charge in [-0.2, -0.15) is 0 Å². The molecule has 0 bridgehead atoms. The van der Waals surface area contributed by atoms with Gasteiger partial charge in [0.25, 0.3) is 0 Å². The molecule has 0 amide bonds. The second kappa shape index (κ2) is 16.5. The Morgan fingerprint density at radius 2 is 1.04 bits per heavy atom. The van der Waals surface area contributed by atoms with Crippen LogP contribution in [-0.4, -0.2) is 7.28 Å². The standard InChI is InChI=1S/C67H54BN2O/c1-42-35-48(44-19-11-7-12-20-44)28-32-59(42)70-60-41-63-53(52-38-55-56(40-62(52)71-63)67(4,5)34-33-66(55,2)3)39-57(60)68-65-54(36-49(37-61(65)70)45-21-13-8-14-22-45)64-51-24-16-15-23-47(51)27-31-58(64)69-50-29-25-46(26-30-50)43-17-9-6-10-18-43/h6-32,35-41,69H,33-34H2,1-5H3. The van der Waals surface area contributed by atoms with Gasteiger partial charge in [0.05, 0.1) is 0 Å². The molecule has 0 spiro atoms. The number of nitrogens with one attached hydrogen (secondary N) is 1. The van der Waals surface area contributed by atoms with Crippen LogP contribution in [0, 0.1) is 6.92 Å². The van der Waals surface area contributed by atoms with Crippen LogP contribution in [0.15, 0.2) is 211 Å². The Balaban J connectivity index is 1.07. The molecule has 1 aromatic heterocycles. The van der Waals surface area contributed by atoms with Crippen molar-refractivity contribution in [2.75, 3.05) is 10.2 Å². The highest BCUT2D eigenvalue weighted by atomic mass is 16.3. The van der Waals surface area contributed by atoms with Gasteiger partial charge >= 0.3 is 0 Å². The summed E-state index contributed by atoms with van der Waals surface area (Å²) in [5, 5.41) is 8.64. The molecule has 0 fully saturated rings. The van der Waals surface area contributed by atoms with Crippen molar-refractivity contribution >= 4 is 79.4 Å². The molecule has 71 heavy (non-hydrogen) atoms. The Morgan fingerprint density at radius 1 is 0.465 bits per heavy atom. The largest absolute Gasteiger partial charge is 0.456 e. The lowest BCUT2D eigenvalue weighted by atomic mass is 9.57. The van der Waals surface area contributed by atoms with Gasteiger partial charge in [-0.25, -0.2) is 0 Å². The third-order valence-corrected chi connectivity index (χ3v) is 15.7. The van der Waals surface area contributed by atoms with E-state index in [9.17, 15) is 0 Å². The minimum absolute atomic E-state index is 0.0702. The van der Waals surface area contributed by atoms with E-state index in [1.54, 1.807) is 0 Å². The van der Waals surface area contributed by atoms with E-state index < -0.39 is 0 Å². The average molecular weight is 914 g/mol. The van der Waals surface area contributed by atoms with Crippen molar-refractivity contribution < 1.29 is 4.42 Å². The molecular weight excluding hydrogens is 860 g/mol. The quantitative estimate of drug-likeness (QED) is 0.162. The minimum atomic E-state index is 0.0702. The van der Waals surface area contributed by atoms with Gasteiger partial charge in [-0.3, -0.25) is 0 Å². The topological polar surface area (TPSA) is 28.4 Å². The summed E-state index contributed by atoms with van der Waals surface area (Å²) in [5.41, 5.74) is 23.2. The number of hydrogen-bond donors (Lipinski definition) is 1. The van der Waals surface area contributed by atoms with Gasteiger partial charge in [-0.1, -0.05) is 179 Å². The number of rotatable bonds is 7. The van der Waals surface area contributed by atoms with Crippen molar-refractivity contribution in [3.8, 4) is 44.5 Å². The van der Waals surface area contributed by atoms with Crippen LogP contribution in [0.4, 0.5) is 28.4 Å². The van der Waals surface area contributed by atoms with Crippen LogP contribution in [0.25, 0.3) is 77.2 Å². The second-order valence-corrected chi connectivity index (χ2v) is 21.1. The van der Waals surface area contributed by atoms with Gasteiger partial charge in [-0.05, 0) is 157 Å². The van der Waals surface area contributed by atoms with E-state index in [2.05, 4.69) is 258 Å². The fourth-order valence-electron chi connectivity index (χ4n) is 11.6. The highest BCUT2D eigenvalue weighted by Crippen LogP contribution is 2.50. The zero-order valence-electron chi connectivity index (χ0n) is 41.0. The van der Waals surface area contributed by atoms with Crippen LogP contribution < -0.4 is 21.1 Å². The number of furan rings is 1. The lowest BCUT2D eigenvalue weighted by Gasteiger charge is -2.41. The summed E-state index contributed by atoms with van der Waals surface area (Å²) in [6, 6.07) is 75.6. The van der Waals surface area contributed by atoms with E-state index in [0.717, 1.165) is 91.0 Å². The molecule has 11 aromatic rings. The van der Waals surface area contributed by atoms with Gasteiger partial charge in [0, 0.05) is 50.8 Å². The number of fused-ring (bicyclic) bond motifs is 7. The van der Waals surface area contributed by atoms with Crippen LogP contribution >= 0.6 is 0 Å². The molecule has 1 aliphatic heterocycles. The van der Waals surface area contributed by atoms with Gasteiger partial charge in [0.1, 0.15) is 11.2 Å². The number of hydrogen-bond acceptors (Lipinski definition) is 3. The molecule has 0 saturated heterocycles. The highest BCUT2D eigenvalue weighted by molar-refractivity contribution is 6.73. The van der Waals surface area contributed by atoms with E-state index in [1.807, 2.05) is 0 Å². The van der Waals surface area contributed by atoms with Gasteiger partial charge < -0.3 is 14.6 Å². The van der Waals surface area contributed by atoms with Gasteiger partial charge in [-0.15, -0.1) is 0 Å². The van der Waals surface area contributed by atoms with Gasteiger partial charge in [0.2, 0.25) is 0 Å². The lowest BCUT2D eigenvalue weighted by molar-refractivity contribution is 0.332. The molecule has 1 radical (unpaired) electrons. The molecule has 0 atom stereocenters. The van der Waals surface area contributed by atoms with Crippen molar-refractivity contribution in [2.45, 2.75) is 58.3 Å². The third-order valence-electron chi connectivity index (χ3n) is 15.7. The SMILES string of the molecule is Cc1cc(-c2ccccc2)ccc1N1c2cc3oc4cc5c(cc4c3cc2[B]c2c(-c3c(Nc4ccc(-c6ccccc6)cc4)ccc4ccccc34)cc(-c3ccccc3)cc21)C(C)(C)CCC5(C)C. The Labute approximate surface area is 417 Å². The number of nitrogens with zero attached hydrogens (tertiary/aromatic N) is 1. The first-order valence-corrected chi connectivity index (χ1v) is 25.1. The van der Waals surface area contributed by atoms with Crippen molar-refractivity contribution in [3.63, 3.8) is 0 Å². The minimum Gasteiger partial charge on any atom is -0.456 e. The Kier molecular flexibility index (Phi) is 10.0. The number of aryl methyl sites for hydroxylation is 1. The summed E-state index contributed by atoms with van der Waals surface area (Å²) in [7, 11) is 2.45. The van der Waals surface area contributed by atoms with E-state index in [1.165, 1.54) is 55.1 Å². The monoisotopic (exact) mass is 913 g/mol. The van der Waals surface area contributed by atoms with Crippen molar-refractivity contribution in [1.29, 1.82) is 0 Å². The molecule has 2 heterocycles. The first kappa shape index (κ1) is 43.0. The maximum atomic E-state index is 7.02. The molecular formula is C67H54BN2O. The fourth-order valence-corrected chi connectivity index (χ4v) is 11.6. The molecule has 2 aliphatic rings. The first-order chi connectivity index (χ1) is 34.6. The molecule has 13 rings (SSSR count). The maximum absolute atomic E-state index is 7.02. The van der Waals surface area contributed by atoms with E-state index in [0.29, 0.717) is 0 Å². The molecule has 341 valence electrons. The smallest absolute Gasteiger partial charge is 0.197 e. The van der Waals surface area contributed by atoms with Crippen LogP contribution in [0.2, 0.25) is 0 Å². The Morgan fingerprint density at radius 3 is 1.73 bits per heavy atom. The summed E-state index contributed by atoms with van der Waals surface area (Å²) in [6.45, 7) is 11.9. The zero-order chi connectivity index (χ0) is 48.0. The summed E-state index contributed by atoms with van der Waals surface area (Å²) in [5.74, 6) is 0. The summed E-state index contributed by atoms with van der Waals surface area (Å²) in [4.78, 5) is 2.51. The number of anilines is 5. The van der Waals surface area contributed by atoms with Crippen LogP contribution in [0.3, 0.4) is 0 Å². The molecule has 4 heteroatoms. The van der Waals surface area contributed by atoms with Crippen LogP contribution in [0.1, 0.15) is 57.2 Å². The summed E-state index contributed by atoms with van der Waals surface area (Å²) >= 11 is 0.